The zero-order valence-corrected chi connectivity index (χ0v) is 13.9. The Morgan fingerprint density at radius 2 is 1.80 bits per heavy atom. The van der Waals surface area contributed by atoms with E-state index in [0.717, 1.165) is 19.4 Å². The quantitative estimate of drug-likeness (QED) is 0.540. The van der Waals surface area contributed by atoms with Crippen molar-refractivity contribution in [3.63, 3.8) is 0 Å². The van der Waals surface area contributed by atoms with Crippen LogP contribution in [0.3, 0.4) is 0 Å². The van der Waals surface area contributed by atoms with E-state index in [4.69, 9.17) is 4.74 Å². The lowest BCUT2D eigenvalue weighted by Crippen LogP contribution is -2.54. The molecule has 120 valence electrons. The maximum atomic E-state index is 11.5. The molecule has 4 nitrogen and oxygen atoms in total. The van der Waals surface area contributed by atoms with Crippen molar-refractivity contribution in [3.05, 3.63) is 0 Å². The summed E-state index contributed by atoms with van der Waals surface area (Å²) in [7, 11) is 0. The largest absolute Gasteiger partial charge is 0.480 e. The van der Waals surface area contributed by atoms with Gasteiger partial charge < -0.3 is 9.84 Å². The Kier molecular flexibility index (Phi) is 9.86. The van der Waals surface area contributed by atoms with Crippen molar-refractivity contribution >= 4 is 5.97 Å². The van der Waals surface area contributed by atoms with Gasteiger partial charge in [0.1, 0.15) is 5.54 Å². The molecule has 0 saturated carbocycles. The van der Waals surface area contributed by atoms with Crippen LogP contribution < -0.4 is 5.32 Å². The zero-order valence-electron chi connectivity index (χ0n) is 13.9. The Labute approximate surface area is 124 Å². The van der Waals surface area contributed by atoms with Gasteiger partial charge >= 0.3 is 5.97 Å². The van der Waals surface area contributed by atoms with Crippen LogP contribution in [0.15, 0.2) is 0 Å². The van der Waals surface area contributed by atoms with E-state index in [-0.39, 0.29) is 6.04 Å². The van der Waals surface area contributed by atoms with Crippen LogP contribution in [0.2, 0.25) is 0 Å². The summed E-state index contributed by atoms with van der Waals surface area (Å²) in [6.45, 7) is 11.7. The average Bonchev–Trinajstić information content (AvgIpc) is 2.35. The molecule has 0 aromatic rings. The van der Waals surface area contributed by atoms with E-state index in [0.29, 0.717) is 25.4 Å². The van der Waals surface area contributed by atoms with Crippen molar-refractivity contribution in [2.75, 3.05) is 13.2 Å². The van der Waals surface area contributed by atoms with E-state index < -0.39 is 11.5 Å². The summed E-state index contributed by atoms with van der Waals surface area (Å²) in [6.07, 6.45) is 4.25. The van der Waals surface area contributed by atoms with Gasteiger partial charge in [-0.2, -0.15) is 0 Å². The number of nitrogens with one attached hydrogen (secondary N) is 1. The SMILES string of the molecule is CCC(CCCOCCCC(C)C)(NC(C)C)C(=O)O. The summed E-state index contributed by atoms with van der Waals surface area (Å²) in [6, 6.07) is 0.165. The summed E-state index contributed by atoms with van der Waals surface area (Å²) in [5, 5.41) is 12.7. The Balaban J connectivity index is 4.00. The summed E-state index contributed by atoms with van der Waals surface area (Å²) in [5.41, 5.74) is -0.810. The smallest absolute Gasteiger partial charge is 0.323 e. The van der Waals surface area contributed by atoms with Gasteiger partial charge in [-0.15, -0.1) is 0 Å². The van der Waals surface area contributed by atoms with Gasteiger partial charge in [-0.05, 0) is 51.9 Å². The fourth-order valence-electron chi connectivity index (χ4n) is 2.40. The second-order valence-electron chi connectivity index (χ2n) is 6.29. The van der Waals surface area contributed by atoms with E-state index in [1.807, 2.05) is 20.8 Å². The molecular weight excluding hydrogens is 254 g/mol. The third-order valence-electron chi connectivity index (χ3n) is 3.54. The lowest BCUT2D eigenvalue weighted by Gasteiger charge is -2.31. The Morgan fingerprint density at radius 3 is 2.25 bits per heavy atom. The first-order chi connectivity index (χ1) is 9.34. The van der Waals surface area contributed by atoms with Crippen LogP contribution in [0, 0.1) is 5.92 Å². The summed E-state index contributed by atoms with van der Waals surface area (Å²) >= 11 is 0. The predicted octanol–water partition coefficient (Wildman–Crippen LogP) is 3.45. The number of hydrogen-bond acceptors (Lipinski definition) is 3. The minimum absolute atomic E-state index is 0.165. The van der Waals surface area contributed by atoms with Crippen molar-refractivity contribution in [2.45, 2.75) is 78.3 Å². The molecule has 0 bridgehead atoms. The van der Waals surface area contributed by atoms with Crippen molar-refractivity contribution in [3.8, 4) is 0 Å². The molecule has 2 N–H and O–H groups in total. The fourth-order valence-corrected chi connectivity index (χ4v) is 2.40. The summed E-state index contributed by atoms with van der Waals surface area (Å²) < 4.78 is 5.59. The second kappa shape index (κ2) is 10.2. The first-order valence-corrected chi connectivity index (χ1v) is 7.93. The minimum Gasteiger partial charge on any atom is -0.480 e. The maximum absolute atomic E-state index is 11.5. The van der Waals surface area contributed by atoms with Crippen molar-refractivity contribution in [1.82, 2.24) is 5.32 Å². The summed E-state index contributed by atoms with van der Waals surface area (Å²) in [5.74, 6) is -0.0397. The molecule has 1 unspecified atom stereocenters. The molecule has 0 aliphatic carbocycles. The molecule has 0 rings (SSSR count). The second-order valence-corrected chi connectivity index (χ2v) is 6.29. The Morgan fingerprint density at radius 1 is 1.20 bits per heavy atom. The predicted molar refractivity (Wildman–Crippen MR) is 83.1 cm³/mol. The molecule has 0 saturated heterocycles. The van der Waals surface area contributed by atoms with Crippen LogP contribution in [0.5, 0.6) is 0 Å². The monoisotopic (exact) mass is 287 g/mol. The van der Waals surface area contributed by atoms with Crippen molar-refractivity contribution in [2.24, 2.45) is 5.92 Å². The standard InChI is InChI=1S/C16H33NO3/c1-6-16(15(18)19,17-14(4)5)10-8-12-20-11-7-9-13(2)3/h13-14,17H,6-12H2,1-5H3,(H,18,19). The number of hydrogen-bond donors (Lipinski definition) is 2. The average molecular weight is 287 g/mol. The van der Waals surface area contributed by atoms with Crippen LogP contribution in [-0.4, -0.2) is 35.9 Å². The van der Waals surface area contributed by atoms with Crippen LogP contribution in [0.4, 0.5) is 0 Å². The number of ether oxygens (including phenoxy) is 1. The minimum atomic E-state index is -0.810. The molecule has 0 aromatic heterocycles. The van der Waals surface area contributed by atoms with Gasteiger partial charge in [-0.25, -0.2) is 0 Å². The van der Waals surface area contributed by atoms with E-state index in [1.165, 1.54) is 6.42 Å². The molecule has 0 aliphatic heterocycles. The van der Waals surface area contributed by atoms with E-state index >= 15 is 0 Å². The van der Waals surface area contributed by atoms with Gasteiger partial charge in [-0.1, -0.05) is 20.8 Å². The van der Waals surface area contributed by atoms with E-state index in [9.17, 15) is 9.90 Å². The Hall–Kier alpha value is -0.610. The van der Waals surface area contributed by atoms with Gasteiger partial charge in [0.25, 0.3) is 0 Å². The topological polar surface area (TPSA) is 58.6 Å². The molecule has 0 radical (unpaired) electrons. The Bertz CT molecular complexity index is 266. The third kappa shape index (κ3) is 7.85. The molecule has 4 heteroatoms. The van der Waals surface area contributed by atoms with Crippen molar-refractivity contribution in [1.29, 1.82) is 0 Å². The molecule has 0 heterocycles. The molecule has 0 spiro atoms. The van der Waals surface area contributed by atoms with E-state index in [1.54, 1.807) is 0 Å². The maximum Gasteiger partial charge on any atom is 0.323 e. The molecule has 0 aliphatic rings. The lowest BCUT2D eigenvalue weighted by molar-refractivity contribution is -0.146. The van der Waals surface area contributed by atoms with Gasteiger partial charge in [0.15, 0.2) is 0 Å². The molecular formula is C16H33NO3. The first-order valence-electron chi connectivity index (χ1n) is 7.93. The number of carboxylic acid groups (broad SMARTS) is 1. The van der Waals surface area contributed by atoms with Crippen LogP contribution in [0.1, 0.15) is 66.7 Å². The van der Waals surface area contributed by atoms with Crippen molar-refractivity contribution < 1.29 is 14.6 Å². The van der Waals surface area contributed by atoms with E-state index in [2.05, 4.69) is 19.2 Å². The highest BCUT2D eigenvalue weighted by atomic mass is 16.5. The molecule has 20 heavy (non-hydrogen) atoms. The number of carboxylic acids is 1. The van der Waals surface area contributed by atoms with Gasteiger partial charge in [0, 0.05) is 19.3 Å². The lowest BCUT2D eigenvalue weighted by atomic mass is 9.89. The highest BCUT2D eigenvalue weighted by molar-refractivity contribution is 5.78. The zero-order chi connectivity index (χ0) is 15.6. The first kappa shape index (κ1) is 19.4. The fraction of sp³-hybridized carbons (Fsp3) is 0.938. The normalized spacial score (nSPS) is 14.8. The molecule has 0 aromatic carbocycles. The van der Waals surface area contributed by atoms with Gasteiger partial charge in [0.2, 0.25) is 0 Å². The highest BCUT2D eigenvalue weighted by Crippen LogP contribution is 2.19. The van der Waals surface area contributed by atoms with Crippen LogP contribution in [-0.2, 0) is 9.53 Å². The molecule has 0 amide bonds. The highest BCUT2D eigenvalue weighted by Gasteiger charge is 2.36. The van der Waals surface area contributed by atoms with Crippen LogP contribution in [0.25, 0.3) is 0 Å². The number of carbonyl (C=O) groups is 1. The summed E-state index contributed by atoms with van der Waals surface area (Å²) in [4.78, 5) is 11.5. The van der Waals surface area contributed by atoms with Gasteiger partial charge in [0.05, 0.1) is 0 Å². The van der Waals surface area contributed by atoms with Crippen LogP contribution >= 0.6 is 0 Å². The number of rotatable bonds is 12. The third-order valence-corrected chi connectivity index (χ3v) is 3.54. The van der Waals surface area contributed by atoms with Gasteiger partial charge in [-0.3, -0.25) is 10.1 Å². The molecule has 1 atom stereocenters. The molecule has 0 fully saturated rings. The number of aliphatic carboxylic acids is 1.